The molecule has 2 aromatic rings. The Morgan fingerprint density at radius 3 is 2.63 bits per heavy atom. The zero-order valence-corrected chi connectivity index (χ0v) is 18.0. The molecule has 1 amide bonds. The lowest BCUT2D eigenvalue weighted by atomic mass is 9.92. The van der Waals surface area contributed by atoms with Crippen molar-refractivity contribution in [2.24, 2.45) is 5.92 Å². The Kier molecular flexibility index (Phi) is 6.11. The second kappa shape index (κ2) is 8.78. The normalized spacial score (nSPS) is 22.1. The number of hydrogen-bond acceptors (Lipinski definition) is 4. The number of anilines is 1. The van der Waals surface area contributed by atoms with Crippen LogP contribution in [0.1, 0.15) is 41.6 Å². The lowest BCUT2D eigenvalue weighted by Crippen LogP contribution is -2.42. The van der Waals surface area contributed by atoms with E-state index < -0.39 is 10.0 Å². The Morgan fingerprint density at radius 1 is 1.10 bits per heavy atom. The molecule has 0 aliphatic carbocycles. The topological polar surface area (TPSA) is 75.7 Å². The number of amides is 1. The summed E-state index contributed by atoms with van der Waals surface area (Å²) in [7, 11) is -3.78. The predicted molar refractivity (Wildman–Crippen MR) is 116 cm³/mol. The van der Waals surface area contributed by atoms with Gasteiger partial charge in [-0.05, 0) is 62.9 Å². The fourth-order valence-corrected chi connectivity index (χ4v) is 5.51. The van der Waals surface area contributed by atoms with E-state index in [2.05, 4.69) is 4.72 Å². The van der Waals surface area contributed by atoms with E-state index in [-0.39, 0.29) is 16.8 Å². The molecule has 0 aromatic heterocycles. The number of likely N-dealkylation sites (tertiary alicyclic amines) is 1. The van der Waals surface area contributed by atoms with Crippen molar-refractivity contribution in [3.63, 3.8) is 0 Å². The maximum absolute atomic E-state index is 13.2. The van der Waals surface area contributed by atoms with Crippen LogP contribution in [0.15, 0.2) is 53.4 Å². The summed E-state index contributed by atoms with van der Waals surface area (Å²) in [5.41, 5.74) is 1.95. The van der Waals surface area contributed by atoms with Gasteiger partial charge in [-0.2, -0.15) is 0 Å². The average Bonchev–Trinajstić information content (AvgIpc) is 3.25. The molecule has 2 atom stereocenters. The molecule has 7 heteroatoms. The summed E-state index contributed by atoms with van der Waals surface area (Å²) in [5, 5.41) is 0. The molecular formula is C23H28N2O4S. The number of nitrogens with zero attached hydrogens (tertiary/aromatic N) is 1. The maximum atomic E-state index is 13.2. The molecule has 2 saturated heterocycles. The second-order valence-corrected chi connectivity index (χ2v) is 9.87. The van der Waals surface area contributed by atoms with E-state index in [0.29, 0.717) is 30.3 Å². The number of rotatable bonds is 5. The SMILES string of the molecule is Cc1ccc(NS(=O)(=O)c2cccc(C(=O)N3CCCC3C3CCCOC3)c2)cc1. The standard InChI is InChI=1S/C23H28N2O4S/c1-17-9-11-20(12-10-17)24-30(27,28)21-7-2-5-18(15-21)23(26)25-13-3-8-22(25)19-6-4-14-29-16-19/h2,5,7,9-12,15,19,22,24H,3-4,6,8,13-14,16H2,1H3. The molecule has 2 aliphatic heterocycles. The quantitative estimate of drug-likeness (QED) is 0.785. The minimum atomic E-state index is -3.78. The summed E-state index contributed by atoms with van der Waals surface area (Å²) < 4.78 is 33.9. The van der Waals surface area contributed by atoms with E-state index in [1.54, 1.807) is 24.3 Å². The van der Waals surface area contributed by atoms with Crippen molar-refractivity contribution in [1.29, 1.82) is 0 Å². The number of benzene rings is 2. The van der Waals surface area contributed by atoms with Gasteiger partial charge in [-0.3, -0.25) is 9.52 Å². The molecule has 0 saturated carbocycles. The first-order chi connectivity index (χ1) is 14.4. The third-order valence-electron chi connectivity index (χ3n) is 5.99. The molecule has 0 bridgehead atoms. The lowest BCUT2D eigenvalue weighted by Gasteiger charge is -2.34. The van der Waals surface area contributed by atoms with Crippen molar-refractivity contribution in [3.05, 3.63) is 59.7 Å². The number of sulfonamides is 1. The zero-order valence-electron chi connectivity index (χ0n) is 17.2. The molecule has 2 aliphatic rings. The monoisotopic (exact) mass is 428 g/mol. The Hall–Kier alpha value is -2.38. The first-order valence-corrected chi connectivity index (χ1v) is 12.0. The van der Waals surface area contributed by atoms with Crippen LogP contribution in [0.3, 0.4) is 0 Å². The van der Waals surface area contributed by atoms with Crippen molar-refractivity contribution in [1.82, 2.24) is 4.90 Å². The third-order valence-corrected chi connectivity index (χ3v) is 7.37. The van der Waals surface area contributed by atoms with Gasteiger partial charge in [-0.15, -0.1) is 0 Å². The number of aryl methyl sites for hydroxylation is 1. The number of carbonyl (C=O) groups is 1. The van der Waals surface area contributed by atoms with Gasteiger partial charge in [0.1, 0.15) is 0 Å². The van der Waals surface area contributed by atoms with Gasteiger partial charge in [-0.1, -0.05) is 23.8 Å². The highest BCUT2D eigenvalue weighted by Crippen LogP contribution is 2.31. The van der Waals surface area contributed by atoms with Crippen LogP contribution in [0.4, 0.5) is 5.69 Å². The first-order valence-electron chi connectivity index (χ1n) is 10.5. The second-order valence-electron chi connectivity index (χ2n) is 8.18. The van der Waals surface area contributed by atoms with E-state index >= 15 is 0 Å². The van der Waals surface area contributed by atoms with E-state index in [0.717, 1.165) is 37.9 Å². The Balaban J connectivity index is 1.53. The molecule has 0 spiro atoms. The van der Waals surface area contributed by atoms with Crippen LogP contribution in [0.2, 0.25) is 0 Å². The largest absolute Gasteiger partial charge is 0.381 e. The van der Waals surface area contributed by atoms with Crippen molar-refractivity contribution >= 4 is 21.6 Å². The van der Waals surface area contributed by atoms with E-state index in [4.69, 9.17) is 4.74 Å². The van der Waals surface area contributed by atoms with Gasteiger partial charge in [0.15, 0.2) is 0 Å². The summed E-state index contributed by atoms with van der Waals surface area (Å²) in [4.78, 5) is 15.2. The van der Waals surface area contributed by atoms with Crippen LogP contribution in [0, 0.1) is 12.8 Å². The fraction of sp³-hybridized carbons (Fsp3) is 0.435. The van der Waals surface area contributed by atoms with Crippen LogP contribution < -0.4 is 4.72 Å². The van der Waals surface area contributed by atoms with Crippen molar-refractivity contribution < 1.29 is 17.9 Å². The van der Waals surface area contributed by atoms with Crippen molar-refractivity contribution in [2.45, 2.75) is 43.5 Å². The van der Waals surface area contributed by atoms with Gasteiger partial charge in [0.2, 0.25) is 0 Å². The molecule has 2 aromatic carbocycles. The number of nitrogens with one attached hydrogen (secondary N) is 1. The summed E-state index contributed by atoms with van der Waals surface area (Å²) in [6, 6.07) is 13.6. The Morgan fingerprint density at radius 2 is 1.90 bits per heavy atom. The Labute approximate surface area is 178 Å². The van der Waals surface area contributed by atoms with Crippen LogP contribution in [0.25, 0.3) is 0 Å². The highest BCUT2D eigenvalue weighted by Gasteiger charge is 2.36. The number of carbonyl (C=O) groups excluding carboxylic acids is 1. The Bertz CT molecular complexity index is 998. The van der Waals surface area contributed by atoms with Gasteiger partial charge < -0.3 is 9.64 Å². The molecular weight excluding hydrogens is 400 g/mol. The van der Waals surface area contributed by atoms with E-state index in [9.17, 15) is 13.2 Å². The molecule has 2 heterocycles. The average molecular weight is 429 g/mol. The minimum Gasteiger partial charge on any atom is -0.381 e. The van der Waals surface area contributed by atoms with Gasteiger partial charge in [0.25, 0.3) is 15.9 Å². The molecule has 30 heavy (non-hydrogen) atoms. The van der Waals surface area contributed by atoms with Gasteiger partial charge >= 0.3 is 0 Å². The first kappa shape index (κ1) is 20.9. The summed E-state index contributed by atoms with van der Waals surface area (Å²) in [6.07, 6.45) is 4.05. The third kappa shape index (κ3) is 4.52. The van der Waals surface area contributed by atoms with E-state index in [1.165, 1.54) is 12.1 Å². The van der Waals surface area contributed by atoms with Crippen LogP contribution >= 0.6 is 0 Å². The van der Waals surface area contributed by atoms with Gasteiger partial charge in [-0.25, -0.2) is 8.42 Å². The van der Waals surface area contributed by atoms with Crippen molar-refractivity contribution in [3.8, 4) is 0 Å². The summed E-state index contributed by atoms with van der Waals surface area (Å²) in [6.45, 7) is 4.14. The number of ether oxygens (including phenoxy) is 1. The minimum absolute atomic E-state index is 0.0886. The molecule has 4 rings (SSSR count). The zero-order chi connectivity index (χ0) is 21.1. The van der Waals surface area contributed by atoms with Crippen LogP contribution in [-0.4, -0.2) is 45.0 Å². The summed E-state index contributed by atoms with van der Waals surface area (Å²) in [5.74, 6) is 0.260. The smallest absolute Gasteiger partial charge is 0.261 e. The maximum Gasteiger partial charge on any atom is 0.261 e. The molecule has 6 nitrogen and oxygen atoms in total. The van der Waals surface area contributed by atoms with Crippen LogP contribution in [0.5, 0.6) is 0 Å². The molecule has 2 fully saturated rings. The van der Waals surface area contributed by atoms with E-state index in [1.807, 2.05) is 24.0 Å². The summed E-state index contributed by atoms with van der Waals surface area (Å²) >= 11 is 0. The fourth-order valence-electron chi connectivity index (χ4n) is 4.40. The highest BCUT2D eigenvalue weighted by atomic mass is 32.2. The molecule has 2 unspecified atom stereocenters. The number of hydrogen-bond donors (Lipinski definition) is 1. The van der Waals surface area contributed by atoms with Gasteiger partial charge in [0.05, 0.1) is 11.5 Å². The van der Waals surface area contributed by atoms with Crippen molar-refractivity contribution in [2.75, 3.05) is 24.5 Å². The molecule has 1 N–H and O–H groups in total. The predicted octanol–water partition coefficient (Wildman–Crippen LogP) is 3.83. The lowest BCUT2D eigenvalue weighted by molar-refractivity contribution is 0.0191. The molecule has 0 radical (unpaired) electrons. The van der Waals surface area contributed by atoms with Gasteiger partial charge in [0, 0.05) is 36.4 Å². The van der Waals surface area contributed by atoms with Crippen LogP contribution in [-0.2, 0) is 14.8 Å². The molecule has 160 valence electrons. The highest BCUT2D eigenvalue weighted by molar-refractivity contribution is 7.92.